The molecule has 0 aromatic rings. The largest absolute Gasteiger partial charge is 0.327 e. The van der Waals surface area contributed by atoms with Crippen molar-refractivity contribution < 1.29 is 8.42 Å². The molecule has 0 heterocycles. The Morgan fingerprint density at radius 2 is 1.93 bits per heavy atom. The number of nitrogens with two attached hydrogens (primary N) is 1. The Hall–Kier alpha value is -0.390. The van der Waals surface area contributed by atoms with Crippen LogP contribution in [0.25, 0.3) is 0 Å². The molecule has 0 amide bonds. The van der Waals surface area contributed by atoms with Gasteiger partial charge in [0, 0.05) is 13.1 Å². The number of rotatable bonds is 5. The first-order valence-corrected chi connectivity index (χ1v) is 6.55. The topological polar surface area (TPSA) is 72.2 Å². The minimum Gasteiger partial charge on any atom is -0.327 e. The van der Waals surface area contributed by atoms with Crippen LogP contribution < -0.4 is 10.5 Å². The highest BCUT2D eigenvalue weighted by Gasteiger charge is 2.27. The molecule has 0 spiro atoms. The minimum atomic E-state index is -3.08. The van der Waals surface area contributed by atoms with Crippen molar-refractivity contribution in [3.8, 4) is 0 Å². The predicted octanol–water partition coefficient (Wildman–Crippen LogP) is 0.363. The van der Waals surface area contributed by atoms with Gasteiger partial charge in [0.2, 0.25) is 10.0 Å². The van der Waals surface area contributed by atoms with Crippen LogP contribution in [0.4, 0.5) is 0 Å². The molecular formula is C9H18N2O2S. The third-order valence-corrected chi connectivity index (χ3v) is 4.36. The van der Waals surface area contributed by atoms with E-state index in [-0.39, 0.29) is 5.25 Å². The van der Waals surface area contributed by atoms with E-state index in [4.69, 9.17) is 5.73 Å². The third kappa shape index (κ3) is 3.40. The summed E-state index contributed by atoms with van der Waals surface area (Å²) in [6.45, 7) is 0.807. The average Bonchev–Trinajstić information content (AvgIpc) is 2.65. The molecule has 0 unspecified atom stereocenters. The van der Waals surface area contributed by atoms with Crippen LogP contribution in [-0.4, -0.2) is 26.8 Å². The van der Waals surface area contributed by atoms with E-state index < -0.39 is 10.0 Å². The smallest absolute Gasteiger partial charge is 0.214 e. The first-order valence-electron chi connectivity index (χ1n) is 5.00. The van der Waals surface area contributed by atoms with Gasteiger partial charge in [-0.15, -0.1) is 0 Å². The summed E-state index contributed by atoms with van der Waals surface area (Å²) < 4.78 is 25.8. The van der Waals surface area contributed by atoms with E-state index in [0.717, 1.165) is 25.7 Å². The molecule has 82 valence electrons. The van der Waals surface area contributed by atoms with Crippen molar-refractivity contribution in [1.82, 2.24) is 4.72 Å². The normalized spacial score (nSPS) is 19.5. The molecule has 0 bridgehead atoms. The maximum Gasteiger partial charge on any atom is 0.214 e. The molecule has 0 radical (unpaired) electrons. The lowest BCUT2D eigenvalue weighted by atomic mass is 10.4. The fraction of sp³-hybridized carbons (Fsp3) is 0.778. The standard InChI is InChI=1S/C9H18N2O2S/c10-7-3-4-8-11-14(12,13)9-5-1-2-6-9/h3-4,9,11H,1-2,5-8,10H2/b4-3+. The Morgan fingerprint density at radius 1 is 1.29 bits per heavy atom. The number of hydrogen-bond acceptors (Lipinski definition) is 3. The molecule has 0 aromatic heterocycles. The van der Waals surface area contributed by atoms with Gasteiger partial charge in [-0.3, -0.25) is 0 Å². The van der Waals surface area contributed by atoms with Gasteiger partial charge in [0.25, 0.3) is 0 Å². The van der Waals surface area contributed by atoms with Crippen LogP contribution in [0.5, 0.6) is 0 Å². The van der Waals surface area contributed by atoms with Gasteiger partial charge in [0.15, 0.2) is 0 Å². The second-order valence-corrected chi connectivity index (χ2v) is 5.55. The highest BCUT2D eigenvalue weighted by molar-refractivity contribution is 7.90. The summed E-state index contributed by atoms with van der Waals surface area (Å²) in [5, 5.41) is -0.172. The number of nitrogens with one attached hydrogen (secondary N) is 1. The molecule has 4 nitrogen and oxygen atoms in total. The summed E-state index contributed by atoms with van der Waals surface area (Å²) >= 11 is 0. The van der Waals surface area contributed by atoms with Gasteiger partial charge in [0.05, 0.1) is 5.25 Å². The van der Waals surface area contributed by atoms with Gasteiger partial charge < -0.3 is 5.73 Å². The Kier molecular flexibility index (Phi) is 4.57. The second-order valence-electron chi connectivity index (χ2n) is 3.51. The van der Waals surface area contributed by atoms with Crippen molar-refractivity contribution in [2.75, 3.05) is 13.1 Å². The first-order chi connectivity index (χ1) is 6.67. The van der Waals surface area contributed by atoms with Crippen LogP contribution in [0.2, 0.25) is 0 Å². The van der Waals surface area contributed by atoms with Crippen LogP contribution in [0, 0.1) is 0 Å². The van der Waals surface area contributed by atoms with E-state index in [1.54, 1.807) is 12.2 Å². The zero-order chi connectivity index (χ0) is 10.4. The molecule has 3 N–H and O–H groups in total. The van der Waals surface area contributed by atoms with Crippen LogP contribution >= 0.6 is 0 Å². The Bertz CT molecular complexity index is 279. The van der Waals surface area contributed by atoms with Crippen LogP contribution in [0.15, 0.2) is 12.2 Å². The van der Waals surface area contributed by atoms with Crippen molar-refractivity contribution >= 4 is 10.0 Å². The van der Waals surface area contributed by atoms with E-state index in [9.17, 15) is 8.42 Å². The molecule has 0 saturated heterocycles. The molecule has 0 aromatic carbocycles. The fourth-order valence-corrected chi connectivity index (χ4v) is 3.18. The summed E-state index contributed by atoms with van der Waals surface area (Å²) in [7, 11) is -3.08. The SMILES string of the molecule is NC/C=C/CNS(=O)(=O)C1CCCC1. The lowest BCUT2D eigenvalue weighted by Crippen LogP contribution is -2.32. The van der Waals surface area contributed by atoms with Gasteiger partial charge in [-0.1, -0.05) is 25.0 Å². The molecule has 1 saturated carbocycles. The average molecular weight is 218 g/mol. The molecule has 14 heavy (non-hydrogen) atoms. The summed E-state index contributed by atoms with van der Waals surface area (Å²) in [4.78, 5) is 0. The zero-order valence-electron chi connectivity index (χ0n) is 8.28. The maximum atomic E-state index is 11.6. The minimum absolute atomic E-state index is 0.172. The molecule has 0 aliphatic heterocycles. The van der Waals surface area contributed by atoms with Crippen molar-refractivity contribution in [2.24, 2.45) is 5.73 Å². The van der Waals surface area contributed by atoms with E-state index in [1.807, 2.05) is 0 Å². The summed E-state index contributed by atoms with van der Waals surface area (Å²) in [5.74, 6) is 0. The summed E-state index contributed by atoms with van der Waals surface area (Å²) in [6, 6.07) is 0. The van der Waals surface area contributed by atoms with E-state index in [2.05, 4.69) is 4.72 Å². The first kappa shape index (κ1) is 11.7. The number of hydrogen-bond donors (Lipinski definition) is 2. The van der Waals surface area contributed by atoms with Gasteiger partial charge in [0.1, 0.15) is 0 Å². The molecule has 1 fully saturated rings. The monoisotopic (exact) mass is 218 g/mol. The van der Waals surface area contributed by atoms with Crippen LogP contribution in [-0.2, 0) is 10.0 Å². The van der Waals surface area contributed by atoms with Crippen molar-refractivity contribution in [2.45, 2.75) is 30.9 Å². The maximum absolute atomic E-state index is 11.6. The highest BCUT2D eigenvalue weighted by atomic mass is 32.2. The zero-order valence-corrected chi connectivity index (χ0v) is 9.09. The van der Waals surface area contributed by atoms with Gasteiger partial charge in [-0.25, -0.2) is 13.1 Å². The summed E-state index contributed by atoms with van der Waals surface area (Å²) in [5.41, 5.74) is 5.24. The van der Waals surface area contributed by atoms with Crippen LogP contribution in [0.1, 0.15) is 25.7 Å². The second kappa shape index (κ2) is 5.48. The molecule has 5 heteroatoms. The van der Waals surface area contributed by atoms with Gasteiger partial charge in [-0.2, -0.15) is 0 Å². The van der Waals surface area contributed by atoms with Crippen molar-refractivity contribution in [3.63, 3.8) is 0 Å². The van der Waals surface area contributed by atoms with Crippen molar-refractivity contribution in [1.29, 1.82) is 0 Å². The number of sulfonamides is 1. The predicted molar refractivity (Wildman–Crippen MR) is 57.4 cm³/mol. The van der Waals surface area contributed by atoms with Crippen molar-refractivity contribution in [3.05, 3.63) is 12.2 Å². The molecule has 1 aliphatic rings. The lowest BCUT2D eigenvalue weighted by Gasteiger charge is -2.10. The molecule has 1 rings (SSSR count). The van der Waals surface area contributed by atoms with E-state index in [0.29, 0.717) is 13.1 Å². The van der Waals surface area contributed by atoms with E-state index in [1.165, 1.54) is 0 Å². The Balaban J connectivity index is 2.37. The Morgan fingerprint density at radius 3 is 2.50 bits per heavy atom. The fourth-order valence-electron chi connectivity index (χ4n) is 1.66. The molecule has 1 aliphatic carbocycles. The lowest BCUT2D eigenvalue weighted by molar-refractivity contribution is 0.568. The third-order valence-electron chi connectivity index (χ3n) is 2.45. The van der Waals surface area contributed by atoms with Gasteiger partial charge in [-0.05, 0) is 12.8 Å². The quantitative estimate of drug-likeness (QED) is 0.655. The summed E-state index contributed by atoms with van der Waals surface area (Å²) in [6.07, 6.45) is 7.16. The molecule has 0 atom stereocenters. The van der Waals surface area contributed by atoms with Gasteiger partial charge >= 0.3 is 0 Å². The highest BCUT2D eigenvalue weighted by Crippen LogP contribution is 2.23. The van der Waals surface area contributed by atoms with Crippen LogP contribution in [0.3, 0.4) is 0 Å². The van der Waals surface area contributed by atoms with E-state index >= 15 is 0 Å². The molecular weight excluding hydrogens is 200 g/mol. The Labute approximate surface area is 85.6 Å².